The maximum atomic E-state index is 5.95. The fourth-order valence-electron chi connectivity index (χ4n) is 3.62. The molecule has 2 nitrogen and oxygen atoms in total. The van der Waals surface area contributed by atoms with Crippen molar-refractivity contribution in [3.05, 3.63) is 59.7 Å². The molecular formula is C20H22O2. The van der Waals surface area contributed by atoms with Gasteiger partial charge in [-0.25, -0.2) is 0 Å². The molecule has 0 saturated carbocycles. The predicted molar refractivity (Wildman–Crippen MR) is 88.1 cm³/mol. The maximum Gasteiger partial charge on any atom is 0.0564 e. The minimum atomic E-state index is 0.242. The molecule has 0 unspecified atom stereocenters. The van der Waals surface area contributed by atoms with Crippen LogP contribution in [0.1, 0.15) is 30.4 Å². The van der Waals surface area contributed by atoms with Crippen molar-refractivity contribution in [1.29, 1.82) is 0 Å². The highest BCUT2D eigenvalue weighted by Gasteiger charge is 2.34. The first-order valence-corrected chi connectivity index (χ1v) is 8.11. The van der Waals surface area contributed by atoms with Crippen LogP contribution in [0.5, 0.6) is 0 Å². The van der Waals surface area contributed by atoms with Gasteiger partial charge in [-0.05, 0) is 28.7 Å². The predicted octanol–water partition coefficient (Wildman–Crippen LogP) is 4.24. The Hall–Kier alpha value is -1.64. The molecule has 2 heteroatoms. The molecule has 0 amide bonds. The summed E-state index contributed by atoms with van der Waals surface area (Å²) in [5.41, 5.74) is 5.92. The van der Waals surface area contributed by atoms with E-state index in [1.165, 1.54) is 22.3 Å². The first-order chi connectivity index (χ1) is 10.8. The van der Waals surface area contributed by atoms with Crippen LogP contribution in [0.3, 0.4) is 0 Å². The molecule has 114 valence electrons. The Morgan fingerprint density at radius 2 is 1.59 bits per heavy atom. The van der Waals surface area contributed by atoms with Crippen molar-refractivity contribution in [2.45, 2.75) is 19.3 Å². The minimum Gasteiger partial charge on any atom is -0.381 e. The second kappa shape index (κ2) is 5.53. The van der Waals surface area contributed by atoms with Crippen LogP contribution in [0.25, 0.3) is 11.1 Å². The van der Waals surface area contributed by atoms with Gasteiger partial charge in [0.15, 0.2) is 0 Å². The summed E-state index contributed by atoms with van der Waals surface area (Å²) in [6.07, 6.45) is 1.05. The minimum absolute atomic E-state index is 0.242. The van der Waals surface area contributed by atoms with Crippen LogP contribution < -0.4 is 0 Å². The Morgan fingerprint density at radius 1 is 1.00 bits per heavy atom. The van der Waals surface area contributed by atoms with Gasteiger partial charge in [0.25, 0.3) is 0 Å². The van der Waals surface area contributed by atoms with Crippen molar-refractivity contribution in [1.82, 2.24) is 0 Å². The fourth-order valence-corrected chi connectivity index (χ4v) is 3.62. The van der Waals surface area contributed by atoms with Crippen LogP contribution in [0.15, 0.2) is 48.5 Å². The Bertz CT molecular complexity index is 627. The van der Waals surface area contributed by atoms with Gasteiger partial charge in [-0.2, -0.15) is 0 Å². The van der Waals surface area contributed by atoms with E-state index in [0.717, 1.165) is 32.8 Å². The van der Waals surface area contributed by atoms with Crippen LogP contribution in [0, 0.1) is 5.41 Å². The largest absolute Gasteiger partial charge is 0.381 e. The zero-order valence-corrected chi connectivity index (χ0v) is 13.0. The lowest BCUT2D eigenvalue weighted by atomic mass is 9.90. The Kier molecular flexibility index (Phi) is 3.51. The van der Waals surface area contributed by atoms with Crippen LogP contribution >= 0.6 is 0 Å². The fraction of sp³-hybridized carbons (Fsp3) is 0.400. The SMILES string of the molecule is CC1(COCCC2c3ccccc3-c3ccccc32)COC1. The average molecular weight is 294 g/mol. The smallest absolute Gasteiger partial charge is 0.0564 e. The highest BCUT2D eigenvalue weighted by Crippen LogP contribution is 2.46. The van der Waals surface area contributed by atoms with E-state index < -0.39 is 0 Å². The van der Waals surface area contributed by atoms with E-state index in [-0.39, 0.29) is 5.41 Å². The number of rotatable bonds is 5. The van der Waals surface area contributed by atoms with Crippen molar-refractivity contribution < 1.29 is 9.47 Å². The molecule has 2 aromatic carbocycles. The molecule has 0 N–H and O–H groups in total. The summed E-state index contributed by atoms with van der Waals surface area (Å²) in [6, 6.07) is 17.6. The van der Waals surface area contributed by atoms with E-state index >= 15 is 0 Å². The summed E-state index contributed by atoms with van der Waals surface area (Å²) in [4.78, 5) is 0. The van der Waals surface area contributed by atoms with Crippen LogP contribution in [-0.4, -0.2) is 26.4 Å². The van der Waals surface area contributed by atoms with Crippen LogP contribution in [0.2, 0.25) is 0 Å². The van der Waals surface area contributed by atoms with E-state index in [9.17, 15) is 0 Å². The van der Waals surface area contributed by atoms with Gasteiger partial charge in [0, 0.05) is 17.9 Å². The number of ether oxygens (including phenoxy) is 2. The third-order valence-electron chi connectivity index (χ3n) is 4.87. The molecule has 4 rings (SSSR count). The molecule has 1 saturated heterocycles. The summed E-state index contributed by atoms with van der Waals surface area (Å²) < 4.78 is 11.2. The normalized spacial score (nSPS) is 18.6. The van der Waals surface area contributed by atoms with Crippen LogP contribution in [0.4, 0.5) is 0 Å². The van der Waals surface area contributed by atoms with Crippen molar-refractivity contribution in [2.75, 3.05) is 26.4 Å². The van der Waals surface area contributed by atoms with E-state index in [4.69, 9.17) is 9.47 Å². The summed E-state index contributed by atoms with van der Waals surface area (Å²) in [5, 5.41) is 0. The third kappa shape index (κ3) is 2.37. The quantitative estimate of drug-likeness (QED) is 0.768. The molecule has 0 spiro atoms. The highest BCUT2D eigenvalue weighted by atomic mass is 16.5. The highest BCUT2D eigenvalue weighted by molar-refractivity contribution is 5.78. The van der Waals surface area contributed by atoms with E-state index in [2.05, 4.69) is 55.5 Å². The standard InChI is InChI=1S/C20H22O2/c1-20(13-22-14-20)12-21-11-10-19-17-8-4-2-6-15(17)16-7-3-5-9-18(16)19/h2-9,19H,10-14H2,1H3. The molecule has 1 heterocycles. The number of fused-ring (bicyclic) bond motifs is 3. The first-order valence-electron chi connectivity index (χ1n) is 8.11. The van der Waals surface area contributed by atoms with Crippen molar-refractivity contribution in [3.63, 3.8) is 0 Å². The molecule has 0 atom stereocenters. The number of benzene rings is 2. The Labute approximate surface area is 132 Å². The van der Waals surface area contributed by atoms with Gasteiger partial charge in [-0.3, -0.25) is 0 Å². The molecule has 0 bridgehead atoms. The summed E-state index contributed by atoms with van der Waals surface area (Å²) >= 11 is 0. The van der Waals surface area contributed by atoms with Crippen molar-refractivity contribution in [3.8, 4) is 11.1 Å². The number of hydrogen-bond donors (Lipinski definition) is 0. The van der Waals surface area contributed by atoms with Gasteiger partial charge in [-0.15, -0.1) is 0 Å². The number of hydrogen-bond acceptors (Lipinski definition) is 2. The molecule has 2 aromatic rings. The van der Waals surface area contributed by atoms with Gasteiger partial charge < -0.3 is 9.47 Å². The monoisotopic (exact) mass is 294 g/mol. The van der Waals surface area contributed by atoms with Crippen LogP contribution in [-0.2, 0) is 9.47 Å². The zero-order valence-electron chi connectivity index (χ0n) is 13.0. The molecule has 1 aliphatic heterocycles. The van der Waals surface area contributed by atoms with Crippen molar-refractivity contribution in [2.24, 2.45) is 5.41 Å². The van der Waals surface area contributed by atoms with Gasteiger partial charge in [0.1, 0.15) is 0 Å². The van der Waals surface area contributed by atoms with E-state index in [1.54, 1.807) is 0 Å². The second-order valence-corrected chi connectivity index (χ2v) is 6.87. The lowest BCUT2D eigenvalue weighted by molar-refractivity contribution is -0.138. The molecule has 0 aromatic heterocycles. The van der Waals surface area contributed by atoms with E-state index in [1.807, 2.05) is 0 Å². The second-order valence-electron chi connectivity index (χ2n) is 6.87. The molecular weight excluding hydrogens is 272 g/mol. The lowest BCUT2D eigenvalue weighted by Crippen LogP contribution is -2.43. The summed E-state index contributed by atoms with van der Waals surface area (Å²) in [6.45, 7) is 5.52. The van der Waals surface area contributed by atoms with E-state index in [0.29, 0.717) is 5.92 Å². The van der Waals surface area contributed by atoms with Gasteiger partial charge in [0.2, 0.25) is 0 Å². The molecule has 2 aliphatic rings. The first kappa shape index (κ1) is 14.0. The maximum absolute atomic E-state index is 5.95. The molecule has 22 heavy (non-hydrogen) atoms. The Morgan fingerprint density at radius 3 is 2.14 bits per heavy atom. The Balaban J connectivity index is 1.47. The lowest BCUT2D eigenvalue weighted by Gasteiger charge is -2.37. The van der Waals surface area contributed by atoms with Gasteiger partial charge >= 0.3 is 0 Å². The van der Waals surface area contributed by atoms with Gasteiger partial charge in [-0.1, -0.05) is 55.5 Å². The summed E-state index contributed by atoms with van der Waals surface area (Å²) in [5.74, 6) is 0.470. The third-order valence-corrected chi connectivity index (χ3v) is 4.87. The molecule has 1 fully saturated rings. The summed E-state index contributed by atoms with van der Waals surface area (Å²) in [7, 11) is 0. The molecule has 1 aliphatic carbocycles. The van der Waals surface area contributed by atoms with Gasteiger partial charge in [0.05, 0.1) is 19.8 Å². The topological polar surface area (TPSA) is 18.5 Å². The average Bonchev–Trinajstić information content (AvgIpc) is 2.84. The van der Waals surface area contributed by atoms with Crippen molar-refractivity contribution >= 4 is 0 Å². The zero-order chi connectivity index (χ0) is 15.0. The molecule has 0 radical (unpaired) electrons.